The fourth-order valence-electron chi connectivity index (χ4n) is 2.22. The Morgan fingerprint density at radius 3 is 2.44 bits per heavy atom. The van der Waals surface area contributed by atoms with Gasteiger partial charge in [-0.3, -0.25) is 0 Å². The molecule has 0 aromatic heterocycles. The van der Waals surface area contributed by atoms with Crippen LogP contribution in [0.25, 0.3) is 0 Å². The zero-order valence-electron chi connectivity index (χ0n) is 11.0. The average molecular weight is 220 g/mol. The molecule has 1 aromatic carbocycles. The highest BCUT2D eigenvalue weighted by atomic mass is 15.2. The summed E-state index contributed by atoms with van der Waals surface area (Å²) in [7, 11) is 2.02. The molecule has 0 amide bonds. The third-order valence-corrected chi connectivity index (χ3v) is 3.12. The lowest BCUT2D eigenvalue weighted by Gasteiger charge is -2.33. The van der Waals surface area contributed by atoms with Gasteiger partial charge in [-0.1, -0.05) is 25.1 Å². The summed E-state index contributed by atoms with van der Waals surface area (Å²) in [4.78, 5) is 2.49. The van der Waals surface area contributed by atoms with E-state index < -0.39 is 0 Å². The summed E-state index contributed by atoms with van der Waals surface area (Å²) in [6.45, 7) is 8.77. The number of aryl methyl sites for hydroxylation is 1. The second-order valence-corrected chi connectivity index (χ2v) is 4.19. The van der Waals surface area contributed by atoms with Crippen molar-refractivity contribution in [2.75, 3.05) is 25.0 Å². The molecule has 0 heterocycles. The van der Waals surface area contributed by atoms with E-state index in [1.54, 1.807) is 0 Å². The number of nitrogens with zero attached hydrogens (tertiary/aromatic N) is 1. The van der Waals surface area contributed by atoms with Crippen molar-refractivity contribution in [1.82, 2.24) is 5.32 Å². The molecule has 1 atom stereocenters. The van der Waals surface area contributed by atoms with Gasteiger partial charge in [0.15, 0.2) is 0 Å². The number of likely N-dealkylation sites (N-methyl/N-ethyl adjacent to an activating group) is 2. The normalized spacial score (nSPS) is 12.5. The quantitative estimate of drug-likeness (QED) is 0.793. The maximum Gasteiger partial charge on any atom is 0.0411 e. The lowest BCUT2D eigenvalue weighted by atomic mass is 10.1. The molecule has 0 spiro atoms. The maximum absolute atomic E-state index is 3.28. The van der Waals surface area contributed by atoms with E-state index in [4.69, 9.17) is 0 Å². The summed E-state index contributed by atoms with van der Waals surface area (Å²) in [5.41, 5.74) is 2.73. The van der Waals surface area contributed by atoms with Gasteiger partial charge in [0.1, 0.15) is 0 Å². The van der Waals surface area contributed by atoms with Crippen molar-refractivity contribution in [2.45, 2.75) is 33.2 Å². The SMILES string of the molecule is CCC(CNC)N(CC)c1ccccc1C. The zero-order chi connectivity index (χ0) is 12.0. The molecule has 1 N–H and O–H groups in total. The molecule has 2 heteroatoms. The molecule has 1 aromatic rings. The van der Waals surface area contributed by atoms with Crippen molar-refractivity contribution >= 4 is 5.69 Å². The van der Waals surface area contributed by atoms with Gasteiger partial charge < -0.3 is 10.2 Å². The minimum absolute atomic E-state index is 0.580. The molecule has 90 valence electrons. The summed E-state index contributed by atoms with van der Waals surface area (Å²) in [6, 6.07) is 9.21. The minimum Gasteiger partial charge on any atom is -0.367 e. The van der Waals surface area contributed by atoms with Gasteiger partial charge in [0, 0.05) is 24.8 Å². The lowest BCUT2D eigenvalue weighted by molar-refractivity contribution is 0.550. The zero-order valence-corrected chi connectivity index (χ0v) is 11.0. The molecule has 2 nitrogen and oxygen atoms in total. The molecule has 0 radical (unpaired) electrons. The highest BCUT2D eigenvalue weighted by molar-refractivity contribution is 5.53. The van der Waals surface area contributed by atoms with Crippen molar-refractivity contribution < 1.29 is 0 Å². The summed E-state index contributed by atoms with van der Waals surface area (Å²) >= 11 is 0. The van der Waals surface area contributed by atoms with Crippen molar-refractivity contribution in [3.8, 4) is 0 Å². The van der Waals surface area contributed by atoms with Crippen LogP contribution in [0.1, 0.15) is 25.8 Å². The first-order valence-electron chi connectivity index (χ1n) is 6.21. The largest absolute Gasteiger partial charge is 0.367 e. The number of rotatable bonds is 6. The molecule has 0 aliphatic rings. The Morgan fingerprint density at radius 1 is 1.25 bits per heavy atom. The summed E-state index contributed by atoms with van der Waals surface area (Å²) in [5, 5.41) is 3.28. The molecular formula is C14H24N2. The predicted octanol–water partition coefficient (Wildman–Crippen LogP) is 2.82. The maximum atomic E-state index is 3.28. The number of hydrogen-bond donors (Lipinski definition) is 1. The molecule has 0 fully saturated rings. The summed E-state index contributed by atoms with van der Waals surface area (Å²) in [5.74, 6) is 0. The Hall–Kier alpha value is -1.02. The van der Waals surface area contributed by atoms with E-state index in [-0.39, 0.29) is 0 Å². The van der Waals surface area contributed by atoms with Crippen LogP contribution in [-0.2, 0) is 0 Å². The number of benzene rings is 1. The molecule has 0 saturated carbocycles. The predicted molar refractivity (Wildman–Crippen MR) is 72.2 cm³/mol. The van der Waals surface area contributed by atoms with Crippen molar-refractivity contribution in [3.63, 3.8) is 0 Å². The van der Waals surface area contributed by atoms with Crippen LogP contribution in [0.3, 0.4) is 0 Å². The summed E-state index contributed by atoms with van der Waals surface area (Å²) in [6.07, 6.45) is 1.17. The van der Waals surface area contributed by atoms with Gasteiger partial charge in [0.2, 0.25) is 0 Å². The van der Waals surface area contributed by atoms with E-state index in [9.17, 15) is 0 Å². The van der Waals surface area contributed by atoms with Gasteiger partial charge in [-0.15, -0.1) is 0 Å². The smallest absolute Gasteiger partial charge is 0.0411 e. The molecule has 1 unspecified atom stereocenters. The van der Waals surface area contributed by atoms with E-state index in [1.165, 1.54) is 17.7 Å². The first-order valence-corrected chi connectivity index (χ1v) is 6.21. The number of hydrogen-bond acceptors (Lipinski definition) is 2. The second-order valence-electron chi connectivity index (χ2n) is 4.19. The molecular weight excluding hydrogens is 196 g/mol. The fourth-order valence-corrected chi connectivity index (χ4v) is 2.22. The lowest BCUT2D eigenvalue weighted by Crippen LogP contribution is -2.41. The molecule has 1 rings (SSSR count). The monoisotopic (exact) mass is 220 g/mol. The molecule has 0 bridgehead atoms. The van der Waals surface area contributed by atoms with Crippen LogP contribution in [0, 0.1) is 6.92 Å². The van der Waals surface area contributed by atoms with Crippen LogP contribution in [0.4, 0.5) is 5.69 Å². The van der Waals surface area contributed by atoms with Crippen LogP contribution in [0.2, 0.25) is 0 Å². The van der Waals surface area contributed by atoms with Gasteiger partial charge in [-0.2, -0.15) is 0 Å². The Morgan fingerprint density at radius 2 is 1.94 bits per heavy atom. The van der Waals surface area contributed by atoms with Crippen molar-refractivity contribution in [3.05, 3.63) is 29.8 Å². The van der Waals surface area contributed by atoms with Gasteiger partial charge in [-0.25, -0.2) is 0 Å². The van der Waals surface area contributed by atoms with Gasteiger partial charge in [-0.05, 0) is 38.9 Å². The Bertz CT molecular complexity index is 309. The van der Waals surface area contributed by atoms with Crippen LogP contribution >= 0.6 is 0 Å². The number of para-hydroxylation sites is 1. The summed E-state index contributed by atoms with van der Waals surface area (Å²) < 4.78 is 0. The van der Waals surface area contributed by atoms with Gasteiger partial charge in [0.05, 0.1) is 0 Å². The highest BCUT2D eigenvalue weighted by Gasteiger charge is 2.15. The molecule has 0 aliphatic heterocycles. The first-order chi connectivity index (χ1) is 7.74. The van der Waals surface area contributed by atoms with E-state index in [1.807, 2.05) is 7.05 Å². The number of nitrogens with one attached hydrogen (secondary N) is 1. The number of anilines is 1. The van der Waals surface area contributed by atoms with E-state index in [0.717, 1.165) is 13.1 Å². The van der Waals surface area contributed by atoms with Crippen molar-refractivity contribution in [2.24, 2.45) is 0 Å². The van der Waals surface area contributed by atoms with Crippen LogP contribution in [0.15, 0.2) is 24.3 Å². The minimum atomic E-state index is 0.580. The van der Waals surface area contributed by atoms with Crippen LogP contribution in [-0.4, -0.2) is 26.2 Å². The van der Waals surface area contributed by atoms with E-state index >= 15 is 0 Å². The fraction of sp³-hybridized carbons (Fsp3) is 0.571. The topological polar surface area (TPSA) is 15.3 Å². The van der Waals surface area contributed by atoms with E-state index in [0.29, 0.717) is 6.04 Å². The first kappa shape index (κ1) is 13.0. The van der Waals surface area contributed by atoms with E-state index in [2.05, 4.69) is 55.3 Å². The molecule has 0 aliphatic carbocycles. The Labute approximate surface area is 99.7 Å². The Kier molecular flexibility index (Phi) is 5.33. The van der Waals surface area contributed by atoms with Gasteiger partial charge >= 0.3 is 0 Å². The molecule has 0 saturated heterocycles. The molecule has 16 heavy (non-hydrogen) atoms. The highest BCUT2D eigenvalue weighted by Crippen LogP contribution is 2.22. The third kappa shape index (κ3) is 2.99. The standard InChI is InChI=1S/C14H24N2/c1-5-13(11-15-4)16(6-2)14-10-8-7-9-12(14)3/h7-10,13,15H,5-6,11H2,1-4H3. The Balaban J connectivity index is 2.92. The third-order valence-electron chi connectivity index (χ3n) is 3.12. The van der Waals surface area contributed by atoms with Crippen LogP contribution in [0.5, 0.6) is 0 Å². The van der Waals surface area contributed by atoms with Gasteiger partial charge in [0.25, 0.3) is 0 Å². The van der Waals surface area contributed by atoms with Crippen LogP contribution < -0.4 is 10.2 Å². The van der Waals surface area contributed by atoms with Crippen molar-refractivity contribution in [1.29, 1.82) is 0 Å². The second kappa shape index (κ2) is 6.54. The average Bonchev–Trinajstić information content (AvgIpc) is 2.31.